The van der Waals surface area contributed by atoms with Crippen LogP contribution in [0.15, 0.2) is 53.3 Å². The number of nitrogens with zero attached hydrogens (tertiary/aromatic N) is 5. The third-order valence-electron chi connectivity index (χ3n) is 6.26. The van der Waals surface area contributed by atoms with Gasteiger partial charge in [-0.05, 0) is 72.0 Å². The van der Waals surface area contributed by atoms with E-state index in [2.05, 4.69) is 31.5 Å². The second kappa shape index (κ2) is 11.8. The van der Waals surface area contributed by atoms with Crippen LogP contribution in [-0.4, -0.2) is 49.8 Å². The lowest BCUT2D eigenvalue weighted by Crippen LogP contribution is -2.33. The number of fused-ring (bicyclic) bond motifs is 1. The zero-order chi connectivity index (χ0) is 26.4. The molecule has 2 heterocycles. The van der Waals surface area contributed by atoms with E-state index in [1.807, 2.05) is 56.3 Å². The van der Waals surface area contributed by atoms with E-state index in [0.717, 1.165) is 27.8 Å². The molecular weight excluding hydrogens is 472 g/mol. The van der Waals surface area contributed by atoms with E-state index in [1.54, 1.807) is 14.0 Å². The molecular formula is C27H32N6O4. The van der Waals surface area contributed by atoms with Gasteiger partial charge in [-0.15, -0.1) is 5.10 Å². The minimum Gasteiger partial charge on any atom is -0.497 e. The molecule has 0 saturated heterocycles. The van der Waals surface area contributed by atoms with Gasteiger partial charge in [0.1, 0.15) is 12.3 Å². The van der Waals surface area contributed by atoms with E-state index in [9.17, 15) is 9.59 Å². The Morgan fingerprint density at radius 1 is 1.11 bits per heavy atom. The predicted molar refractivity (Wildman–Crippen MR) is 139 cm³/mol. The highest BCUT2D eigenvalue weighted by Gasteiger charge is 2.27. The summed E-state index contributed by atoms with van der Waals surface area (Å²) in [5.41, 5.74) is 3.44. The molecule has 0 aliphatic heterocycles. The molecule has 0 aliphatic carbocycles. The Bertz CT molecular complexity index is 1410. The van der Waals surface area contributed by atoms with Crippen LogP contribution in [0.3, 0.4) is 0 Å². The van der Waals surface area contributed by atoms with Crippen molar-refractivity contribution in [1.82, 2.24) is 30.1 Å². The second-order valence-electron chi connectivity index (χ2n) is 8.89. The molecule has 194 valence electrons. The standard InChI is InChI=1S/C27H32N6O4/c1-5-24(26-29-30-31-33(26)17-25(34)37-6-2)32(15-19-8-10-22(36-4)11-9-19)16-21-14-20-13-18(3)7-12-23(20)28-27(21)35/h7-14,24H,5-6,15-17H2,1-4H3,(H,28,35)/t24-/m1/s1. The number of carbonyl (C=O) groups excluding carboxylic acids is 1. The predicted octanol–water partition coefficient (Wildman–Crippen LogP) is 3.55. The molecule has 0 spiro atoms. The number of rotatable bonds is 11. The molecule has 10 nitrogen and oxygen atoms in total. The fourth-order valence-corrected chi connectivity index (χ4v) is 4.45. The SMILES string of the molecule is CCOC(=O)Cn1nnnc1[C@@H](CC)N(Cc1ccc(OC)cc1)Cc1cc2cc(C)ccc2[nH]c1=O. The Morgan fingerprint density at radius 3 is 2.59 bits per heavy atom. The average Bonchev–Trinajstić information content (AvgIpc) is 3.33. The van der Waals surface area contributed by atoms with Crippen molar-refractivity contribution in [3.63, 3.8) is 0 Å². The molecule has 0 unspecified atom stereocenters. The normalized spacial score (nSPS) is 12.1. The van der Waals surface area contributed by atoms with Gasteiger partial charge in [0, 0.05) is 24.2 Å². The van der Waals surface area contributed by atoms with E-state index in [-0.39, 0.29) is 24.8 Å². The van der Waals surface area contributed by atoms with Crippen LogP contribution in [0, 0.1) is 6.92 Å². The number of esters is 1. The summed E-state index contributed by atoms with van der Waals surface area (Å²) in [4.78, 5) is 30.4. The first-order valence-electron chi connectivity index (χ1n) is 12.3. The van der Waals surface area contributed by atoms with Crippen molar-refractivity contribution in [2.45, 2.75) is 52.9 Å². The third-order valence-corrected chi connectivity index (χ3v) is 6.26. The molecule has 0 bridgehead atoms. The number of H-pyrrole nitrogens is 1. The van der Waals surface area contributed by atoms with Crippen LogP contribution in [0.2, 0.25) is 0 Å². The number of aromatic nitrogens is 5. The molecule has 4 aromatic rings. The van der Waals surface area contributed by atoms with Crippen molar-refractivity contribution >= 4 is 16.9 Å². The van der Waals surface area contributed by atoms with E-state index in [1.165, 1.54) is 4.68 Å². The van der Waals surface area contributed by atoms with Gasteiger partial charge in [0.05, 0.1) is 19.8 Å². The van der Waals surface area contributed by atoms with Gasteiger partial charge in [-0.1, -0.05) is 30.7 Å². The molecule has 0 aliphatic rings. The number of aromatic amines is 1. The summed E-state index contributed by atoms with van der Waals surface area (Å²) in [6, 6.07) is 15.4. The number of carbonyl (C=O) groups is 1. The number of tetrazole rings is 1. The minimum absolute atomic E-state index is 0.0844. The maximum atomic E-state index is 13.1. The molecule has 0 radical (unpaired) electrons. The van der Waals surface area contributed by atoms with Crippen LogP contribution in [0.1, 0.15) is 48.8 Å². The number of benzene rings is 2. The molecule has 0 amide bonds. The van der Waals surface area contributed by atoms with Gasteiger partial charge in [0.2, 0.25) is 0 Å². The topological polar surface area (TPSA) is 115 Å². The molecule has 1 atom stereocenters. The zero-order valence-electron chi connectivity index (χ0n) is 21.6. The van der Waals surface area contributed by atoms with Gasteiger partial charge >= 0.3 is 5.97 Å². The second-order valence-corrected chi connectivity index (χ2v) is 8.89. The first kappa shape index (κ1) is 26.0. The maximum Gasteiger partial charge on any atom is 0.327 e. The van der Waals surface area contributed by atoms with Crippen LogP contribution in [-0.2, 0) is 29.2 Å². The van der Waals surface area contributed by atoms with Gasteiger partial charge in [-0.25, -0.2) is 4.68 Å². The Balaban J connectivity index is 1.72. The number of methoxy groups -OCH3 is 1. The van der Waals surface area contributed by atoms with Crippen molar-refractivity contribution in [1.29, 1.82) is 0 Å². The molecule has 37 heavy (non-hydrogen) atoms. The summed E-state index contributed by atoms with van der Waals surface area (Å²) in [5.74, 6) is 0.896. The summed E-state index contributed by atoms with van der Waals surface area (Å²) in [6.07, 6.45) is 0.657. The summed E-state index contributed by atoms with van der Waals surface area (Å²) in [5, 5.41) is 13.1. The number of aryl methyl sites for hydroxylation is 1. The Kier molecular flexibility index (Phi) is 8.29. The maximum absolute atomic E-state index is 13.1. The van der Waals surface area contributed by atoms with Crippen LogP contribution in [0.25, 0.3) is 10.9 Å². The van der Waals surface area contributed by atoms with Gasteiger partial charge in [-0.3, -0.25) is 14.5 Å². The fourth-order valence-electron chi connectivity index (χ4n) is 4.45. The van der Waals surface area contributed by atoms with E-state index in [0.29, 0.717) is 30.9 Å². The van der Waals surface area contributed by atoms with Crippen LogP contribution < -0.4 is 10.3 Å². The lowest BCUT2D eigenvalue weighted by Gasteiger charge is -2.30. The lowest BCUT2D eigenvalue weighted by atomic mass is 10.1. The number of ether oxygens (including phenoxy) is 2. The molecule has 1 N–H and O–H groups in total. The number of hydrogen-bond donors (Lipinski definition) is 1. The summed E-state index contributed by atoms with van der Waals surface area (Å²) in [7, 11) is 1.63. The Hall–Kier alpha value is -4.05. The summed E-state index contributed by atoms with van der Waals surface area (Å²) >= 11 is 0. The van der Waals surface area contributed by atoms with Crippen molar-refractivity contribution in [2.24, 2.45) is 0 Å². The number of hydrogen-bond acceptors (Lipinski definition) is 8. The van der Waals surface area contributed by atoms with Crippen LogP contribution in [0.4, 0.5) is 0 Å². The largest absolute Gasteiger partial charge is 0.497 e. The molecule has 10 heteroatoms. The molecule has 0 saturated carbocycles. The lowest BCUT2D eigenvalue weighted by molar-refractivity contribution is -0.144. The molecule has 2 aromatic carbocycles. The van der Waals surface area contributed by atoms with Crippen molar-refractivity contribution in [3.05, 3.63) is 81.4 Å². The van der Waals surface area contributed by atoms with Crippen molar-refractivity contribution in [3.8, 4) is 5.75 Å². The molecule has 0 fully saturated rings. The van der Waals surface area contributed by atoms with Gasteiger partial charge in [0.15, 0.2) is 5.82 Å². The minimum atomic E-state index is -0.408. The fraction of sp³-hybridized carbons (Fsp3) is 0.370. The van der Waals surface area contributed by atoms with Crippen molar-refractivity contribution in [2.75, 3.05) is 13.7 Å². The first-order chi connectivity index (χ1) is 17.9. The third kappa shape index (κ3) is 6.21. The first-order valence-corrected chi connectivity index (χ1v) is 12.3. The van der Waals surface area contributed by atoms with E-state index < -0.39 is 5.97 Å². The van der Waals surface area contributed by atoms with E-state index in [4.69, 9.17) is 9.47 Å². The molecule has 2 aromatic heterocycles. The highest BCUT2D eigenvalue weighted by atomic mass is 16.5. The Morgan fingerprint density at radius 2 is 1.89 bits per heavy atom. The van der Waals surface area contributed by atoms with Gasteiger partial charge in [-0.2, -0.15) is 0 Å². The van der Waals surface area contributed by atoms with Crippen LogP contribution >= 0.6 is 0 Å². The summed E-state index contributed by atoms with van der Waals surface area (Å²) in [6.45, 7) is 6.89. The zero-order valence-corrected chi connectivity index (χ0v) is 21.6. The highest BCUT2D eigenvalue weighted by Crippen LogP contribution is 2.27. The quantitative estimate of drug-likeness (QED) is 0.308. The van der Waals surface area contributed by atoms with Gasteiger partial charge < -0.3 is 14.5 Å². The van der Waals surface area contributed by atoms with Gasteiger partial charge in [0.25, 0.3) is 5.56 Å². The number of pyridine rings is 1. The average molecular weight is 505 g/mol. The molecule has 4 rings (SSSR count). The van der Waals surface area contributed by atoms with Crippen molar-refractivity contribution < 1.29 is 14.3 Å². The monoisotopic (exact) mass is 504 g/mol. The van der Waals surface area contributed by atoms with E-state index >= 15 is 0 Å². The smallest absolute Gasteiger partial charge is 0.327 e. The van der Waals surface area contributed by atoms with Crippen LogP contribution in [0.5, 0.6) is 5.75 Å². The Labute approximate surface area is 215 Å². The number of nitrogens with one attached hydrogen (secondary N) is 1. The highest BCUT2D eigenvalue weighted by molar-refractivity contribution is 5.79. The summed E-state index contributed by atoms with van der Waals surface area (Å²) < 4.78 is 11.9.